The lowest BCUT2D eigenvalue weighted by atomic mass is 9.93. The van der Waals surface area contributed by atoms with Gasteiger partial charge in [-0.25, -0.2) is 0 Å². The van der Waals surface area contributed by atoms with Crippen molar-refractivity contribution in [3.63, 3.8) is 0 Å². The van der Waals surface area contributed by atoms with Crippen molar-refractivity contribution in [3.05, 3.63) is 27.7 Å². The predicted octanol–water partition coefficient (Wildman–Crippen LogP) is 2.30. The number of hydrogen-bond donors (Lipinski definition) is 2. The topological polar surface area (TPSA) is 89.4 Å². The van der Waals surface area contributed by atoms with Crippen molar-refractivity contribution in [1.82, 2.24) is 4.90 Å². The summed E-state index contributed by atoms with van der Waals surface area (Å²) in [6.45, 7) is 1.14. The minimum Gasteiger partial charge on any atom is -0.399 e. The number of amides is 2. The summed E-state index contributed by atoms with van der Waals surface area (Å²) in [5.41, 5.74) is 11.6. The van der Waals surface area contributed by atoms with Crippen LogP contribution in [-0.4, -0.2) is 29.8 Å². The molecule has 0 radical (unpaired) electrons. The highest BCUT2D eigenvalue weighted by molar-refractivity contribution is 6.44. The number of halogens is 2. The molecule has 0 saturated carbocycles. The SMILES string of the molecule is NC(=O)CC1CCN(C(=O)c2cc(N)cc(Cl)c2Cl)CC1. The lowest BCUT2D eigenvalue weighted by Gasteiger charge is -2.31. The number of benzene rings is 1. The van der Waals surface area contributed by atoms with Gasteiger partial charge in [-0.3, -0.25) is 9.59 Å². The number of hydrogen-bond acceptors (Lipinski definition) is 3. The number of piperidine rings is 1. The summed E-state index contributed by atoms with van der Waals surface area (Å²) in [6, 6.07) is 3.05. The average molecular weight is 330 g/mol. The maximum absolute atomic E-state index is 12.5. The second kappa shape index (κ2) is 6.54. The van der Waals surface area contributed by atoms with E-state index in [-0.39, 0.29) is 27.8 Å². The maximum atomic E-state index is 12.5. The predicted molar refractivity (Wildman–Crippen MR) is 83.3 cm³/mol. The molecule has 21 heavy (non-hydrogen) atoms. The molecule has 2 amide bonds. The van der Waals surface area contributed by atoms with Crippen LogP contribution >= 0.6 is 23.2 Å². The van der Waals surface area contributed by atoms with Crippen LogP contribution in [-0.2, 0) is 4.79 Å². The van der Waals surface area contributed by atoms with Gasteiger partial charge in [0.05, 0.1) is 15.6 Å². The van der Waals surface area contributed by atoms with Crippen LogP contribution in [0.3, 0.4) is 0 Å². The molecule has 1 aromatic rings. The van der Waals surface area contributed by atoms with Crippen LogP contribution in [0.2, 0.25) is 10.0 Å². The summed E-state index contributed by atoms with van der Waals surface area (Å²) in [6.07, 6.45) is 1.87. The van der Waals surface area contributed by atoms with Crippen molar-refractivity contribution >= 4 is 40.7 Å². The van der Waals surface area contributed by atoms with Gasteiger partial charge in [0.25, 0.3) is 5.91 Å². The van der Waals surface area contributed by atoms with Gasteiger partial charge in [0, 0.05) is 25.2 Å². The van der Waals surface area contributed by atoms with Gasteiger partial charge in [0.15, 0.2) is 0 Å². The number of primary amides is 1. The van der Waals surface area contributed by atoms with Gasteiger partial charge in [0.1, 0.15) is 0 Å². The lowest BCUT2D eigenvalue weighted by Crippen LogP contribution is -2.39. The summed E-state index contributed by atoms with van der Waals surface area (Å²) in [5, 5.41) is 0.485. The quantitative estimate of drug-likeness (QED) is 0.834. The zero-order valence-corrected chi connectivity index (χ0v) is 13.0. The summed E-state index contributed by atoms with van der Waals surface area (Å²) < 4.78 is 0. The van der Waals surface area contributed by atoms with Crippen LogP contribution in [0.1, 0.15) is 29.6 Å². The van der Waals surface area contributed by atoms with Gasteiger partial charge in [-0.05, 0) is 30.9 Å². The van der Waals surface area contributed by atoms with E-state index < -0.39 is 0 Å². The van der Waals surface area contributed by atoms with E-state index in [1.807, 2.05) is 0 Å². The molecular formula is C14H17Cl2N3O2. The molecule has 0 unspecified atom stereocenters. The lowest BCUT2D eigenvalue weighted by molar-refractivity contribution is -0.119. The van der Waals surface area contributed by atoms with Crippen molar-refractivity contribution in [2.24, 2.45) is 11.7 Å². The van der Waals surface area contributed by atoms with E-state index in [9.17, 15) is 9.59 Å². The van der Waals surface area contributed by atoms with Crippen LogP contribution in [0.4, 0.5) is 5.69 Å². The van der Waals surface area contributed by atoms with E-state index in [0.717, 1.165) is 12.8 Å². The first-order valence-electron chi connectivity index (χ1n) is 6.70. The Morgan fingerprint density at radius 1 is 1.24 bits per heavy atom. The maximum Gasteiger partial charge on any atom is 0.255 e. The van der Waals surface area contributed by atoms with E-state index in [0.29, 0.717) is 30.8 Å². The Hall–Kier alpha value is -1.46. The Labute approximate surface area is 133 Å². The minimum absolute atomic E-state index is 0.188. The molecule has 1 aromatic carbocycles. The molecule has 114 valence electrons. The normalized spacial score (nSPS) is 16.0. The van der Waals surface area contributed by atoms with Crippen LogP contribution in [0.5, 0.6) is 0 Å². The van der Waals surface area contributed by atoms with E-state index in [4.69, 9.17) is 34.7 Å². The Bertz CT molecular complexity index is 570. The summed E-state index contributed by atoms with van der Waals surface area (Å²) in [7, 11) is 0. The summed E-state index contributed by atoms with van der Waals surface area (Å²) in [4.78, 5) is 25.1. The number of carbonyl (C=O) groups excluding carboxylic acids is 2. The van der Waals surface area contributed by atoms with Gasteiger partial charge in [-0.1, -0.05) is 23.2 Å². The molecule has 1 fully saturated rings. The van der Waals surface area contributed by atoms with Crippen LogP contribution in [0, 0.1) is 5.92 Å². The molecule has 4 N–H and O–H groups in total. The number of nitrogen functional groups attached to an aromatic ring is 1. The van der Waals surface area contributed by atoms with Crippen molar-refractivity contribution in [2.45, 2.75) is 19.3 Å². The summed E-state index contributed by atoms with van der Waals surface area (Å²) >= 11 is 12.0. The molecule has 0 aromatic heterocycles. The Balaban J connectivity index is 2.07. The highest BCUT2D eigenvalue weighted by Crippen LogP contribution is 2.30. The molecule has 1 saturated heterocycles. The van der Waals surface area contributed by atoms with Crippen molar-refractivity contribution in [1.29, 1.82) is 0 Å². The second-order valence-electron chi connectivity index (χ2n) is 5.27. The Morgan fingerprint density at radius 2 is 1.86 bits per heavy atom. The Kier molecular flexibility index (Phi) is 4.96. The van der Waals surface area contributed by atoms with Gasteiger partial charge in [0.2, 0.25) is 5.91 Å². The van der Waals surface area contributed by atoms with Gasteiger partial charge >= 0.3 is 0 Å². The highest BCUT2D eigenvalue weighted by Gasteiger charge is 2.26. The van der Waals surface area contributed by atoms with Crippen molar-refractivity contribution in [2.75, 3.05) is 18.8 Å². The first-order valence-corrected chi connectivity index (χ1v) is 7.46. The van der Waals surface area contributed by atoms with E-state index in [1.54, 1.807) is 4.90 Å². The van der Waals surface area contributed by atoms with Crippen LogP contribution in [0.25, 0.3) is 0 Å². The first kappa shape index (κ1) is 15.9. The van der Waals surface area contributed by atoms with Gasteiger partial charge < -0.3 is 16.4 Å². The van der Waals surface area contributed by atoms with Crippen molar-refractivity contribution in [3.8, 4) is 0 Å². The molecule has 7 heteroatoms. The number of rotatable bonds is 3. The van der Waals surface area contributed by atoms with Crippen LogP contribution < -0.4 is 11.5 Å². The fraction of sp³-hybridized carbons (Fsp3) is 0.429. The molecule has 2 rings (SSSR count). The van der Waals surface area contributed by atoms with Gasteiger partial charge in [-0.15, -0.1) is 0 Å². The number of nitrogens with two attached hydrogens (primary N) is 2. The van der Waals surface area contributed by atoms with Gasteiger partial charge in [-0.2, -0.15) is 0 Å². The van der Waals surface area contributed by atoms with E-state index in [1.165, 1.54) is 12.1 Å². The molecule has 0 aliphatic carbocycles. The third-order valence-corrected chi connectivity index (χ3v) is 4.47. The molecule has 1 heterocycles. The molecule has 1 aliphatic heterocycles. The van der Waals surface area contributed by atoms with Crippen LogP contribution in [0.15, 0.2) is 12.1 Å². The number of carbonyl (C=O) groups is 2. The monoisotopic (exact) mass is 329 g/mol. The standard InChI is InChI=1S/C14H17Cl2N3O2/c15-11-7-9(17)6-10(13(11)16)14(21)19-3-1-8(2-4-19)5-12(18)20/h6-8H,1-5,17H2,(H2,18,20). The third kappa shape index (κ3) is 3.80. The molecule has 5 nitrogen and oxygen atoms in total. The smallest absolute Gasteiger partial charge is 0.255 e. The Morgan fingerprint density at radius 3 is 2.43 bits per heavy atom. The highest BCUT2D eigenvalue weighted by atomic mass is 35.5. The zero-order chi connectivity index (χ0) is 15.6. The number of likely N-dealkylation sites (tertiary alicyclic amines) is 1. The largest absolute Gasteiger partial charge is 0.399 e. The molecule has 0 bridgehead atoms. The van der Waals surface area contributed by atoms with E-state index in [2.05, 4.69) is 0 Å². The molecule has 1 aliphatic rings. The fourth-order valence-electron chi connectivity index (χ4n) is 2.56. The molecular weight excluding hydrogens is 313 g/mol. The minimum atomic E-state index is -0.301. The summed E-state index contributed by atoms with van der Waals surface area (Å²) in [5.74, 6) is -0.247. The number of anilines is 1. The average Bonchev–Trinajstić information content (AvgIpc) is 2.42. The second-order valence-corrected chi connectivity index (χ2v) is 6.06. The molecule has 0 spiro atoms. The third-order valence-electron chi connectivity index (χ3n) is 3.67. The first-order chi connectivity index (χ1) is 9.88. The van der Waals surface area contributed by atoms with E-state index >= 15 is 0 Å². The molecule has 0 atom stereocenters. The number of nitrogens with zero attached hydrogens (tertiary/aromatic N) is 1. The van der Waals surface area contributed by atoms with Crippen molar-refractivity contribution < 1.29 is 9.59 Å². The zero-order valence-electron chi connectivity index (χ0n) is 11.4. The fourth-order valence-corrected chi connectivity index (χ4v) is 2.98.